The van der Waals surface area contributed by atoms with Crippen molar-refractivity contribution < 1.29 is 27.8 Å². The van der Waals surface area contributed by atoms with Crippen molar-refractivity contribution in [3.05, 3.63) is 74.8 Å². The molecular formula is C21H16Cl2F3N7O4. The van der Waals surface area contributed by atoms with Crippen molar-refractivity contribution in [2.75, 3.05) is 7.11 Å². The van der Waals surface area contributed by atoms with Crippen molar-refractivity contribution in [1.82, 2.24) is 34.1 Å². The molecule has 0 amide bonds. The van der Waals surface area contributed by atoms with Crippen LogP contribution in [-0.2, 0) is 17.8 Å². The SMILES string of the molecule is COC(=O)c1nc(Cn2nc(-c3ccc(Cl)cc3)n(CC(O)C(F)(F)F)c2=O)nn1-c1cc(Cl)ccn1. The fraction of sp³-hybridized carbons (Fsp3) is 0.238. The Hall–Kier alpha value is -3.75. The second-order valence-corrected chi connectivity index (χ2v) is 8.40. The van der Waals surface area contributed by atoms with E-state index in [1.807, 2.05) is 0 Å². The number of carbonyl (C=O) groups excluding carboxylic acids is 1. The minimum absolute atomic E-state index is 0.104. The molecule has 0 saturated heterocycles. The number of hydrogen-bond acceptors (Lipinski definition) is 8. The third-order valence-electron chi connectivity index (χ3n) is 4.99. The number of hydrogen-bond donors (Lipinski definition) is 1. The summed E-state index contributed by atoms with van der Waals surface area (Å²) in [5.41, 5.74) is -0.711. The molecular weight excluding hydrogens is 542 g/mol. The van der Waals surface area contributed by atoms with Gasteiger partial charge in [0.15, 0.2) is 23.6 Å². The fourth-order valence-electron chi connectivity index (χ4n) is 3.25. The molecule has 0 spiro atoms. The van der Waals surface area contributed by atoms with Gasteiger partial charge in [0, 0.05) is 27.9 Å². The number of rotatable bonds is 7. The normalized spacial score (nSPS) is 12.5. The van der Waals surface area contributed by atoms with Gasteiger partial charge in [-0.15, -0.1) is 10.2 Å². The van der Waals surface area contributed by atoms with Gasteiger partial charge in [-0.05, 0) is 30.3 Å². The Kier molecular flexibility index (Phi) is 7.34. The number of ether oxygens (including phenoxy) is 1. The number of halogens is 5. The predicted octanol–water partition coefficient (Wildman–Crippen LogP) is 2.75. The van der Waals surface area contributed by atoms with Crippen molar-refractivity contribution in [2.24, 2.45) is 0 Å². The average Bonchev–Trinajstić information content (AvgIpc) is 3.40. The van der Waals surface area contributed by atoms with E-state index < -0.39 is 37.0 Å². The predicted molar refractivity (Wildman–Crippen MR) is 124 cm³/mol. The van der Waals surface area contributed by atoms with E-state index in [0.717, 1.165) is 16.5 Å². The highest BCUT2D eigenvalue weighted by Gasteiger charge is 2.39. The molecule has 0 radical (unpaired) electrons. The molecule has 0 aliphatic heterocycles. The largest absolute Gasteiger partial charge is 0.463 e. The molecule has 3 aromatic heterocycles. The zero-order valence-corrected chi connectivity index (χ0v) is 20.2. The maximum Gasteiger partial charge on any atom is 0.416 e. The first kappa shape index (κ1) is 26.3. The number of aliphatic hydroxyl groups is 1. The minimum atomic E-state index is -4.97. The number of esters is 1. The first-order valence-corrected chi connectivity index (χ1v) is 11.1. The van der Waals surface area contributed by atoms with E-state index in [1.165, 1.54) is 42.6 Å². The molecule has 0 aliphatic rings. The smallest absolute Gasteiger partial charge is 0.416 e. The number of carbonyl (C=O) groups is 1. The van der Waals surface area contributed by atoms with E-state index in [-0.39, 0.29) is 28.9 Å². The Morgan fingerprint density at radius 3 is 2.46 bits per heavy atom. The topological polar surface area (TPSA) is 130 Å². The van der Waals surface area contributed by atoms with Crippen LogP contribution in [-0.4, -0.2) is 64.6 Å². The molecule has 1 atom stereocenters. The maximum absolute atomic E-state index is 13.1. The summed E-state index contributed by atoms with van der Waals surface area (Å²) >= 11 is 11.9. The Morgan fingerprint density at radius 1 is 1.14 bits per heavy atom. The second-order valence-electron chi connectivity index (χ2n) is 7.53. The number of aromatic nitrogens is 7. The van der Waals surface area contributed by atoms with Gasteiger partial charge in [-0.2, -0.15) is 17.9 Å². The molecule has 0 saturated carbocycles. The van der Waals surface area contributed by atoms with Crippen LogP contribution in [0.4, 0.5) is 13.2 Å². The fourth-order valence-corrected chi connectivity index (χ4v) is 3.53. The van der Waals surface area contributed by atoms with Crippen LogP contribution >= 0.6 is 23.2 Å². The monoisotopic (exact) mass is 557 g/mol. The summed E-state index contributed by atoms with van der Waals surface area (Å²) in [6, 6.07) is 8.75. The summed E-state index contributed by atoms with van der Waals surface area (Å²) in [5, 5.41) is 18.6. The van der Waals surface area contributed by atoms with E-state index in [9.17, 15) is 27.9 Å². The van der Waals surface area contributed by atoms with Crippen LogP contribution in [0, 0.1) is 0 Å². The summed E-state index contributed by atoms with van der Waals surface area (Å²) in [4.78, 5) is 33.5. The lowest BCUT2D eigenvalue weighted by atomic mass is 10.2. The van der Waals surface area contributed by atoms with Crippen molar-refractivity contribution in [3.8, 4) is 17.2 Å². The summed E-state index contributed by atoms with van der Waals surface area (Å²) < 4.78 is 46.4. The molecule has 3 heterocycles. The molecule has 1 N–H and O–H groups in total. The number of nitrogens with zero attached hydrogens (tertiary/aromatic N) is 7. The molecule has 4 rings (SSSR count). The van der Waals surface area contributed by atoms with E-state index in [0.29, 0.717) is 14.6 Å². The van der Waals surface area contributed by atoms with Crippen LogP contribution in [0.1, 0.15) is 16.4 Å². The molecule has 11 nitrogen and oxygen atoms in total. The van der Waals surface area contributed by atoms with E-state index >= 15 is 0 Å². The highest BCUT2D eigenvalue weighted by atomic mass is 35.5. The van der Waals surface area contributed by atoms with Crippen LogP contribution in [0.15, 0.2) is 47.4 Å². The van der Waals surface area contributed by atoms with Gasteiger partial charge in [0.25, 0.3) is 0 Å². The van der Waals surface area contributed by atoms with E-state index in [2.05, 4.69) is 20.2 Å². The summed E-state index contributed by atoms with van der Waals surface area (Å²) in [6.45, 7) is -1.55. The molecule has 16 heteroatoms. The van der Waals surface area contributed by atoms with Gasteiger partial charge >= 0.3 is 17.8 Å². The second kappa shape index (κ2) is 10.3. The molecule has 37 heavy (non-hydrogen) atoms. The van der Waals surface area contributed by atoms with Gasteiger partial charge in [0.1, 0.15) is 6.54 Å². The first-order chi connectivity index (χ1) is 17.5. The summed E-state index contributed by atoms with van der Waals surface area (Å²) in [6.07, 6.45) is -6.43. The molecule has 1 unspecified atom stereocenters. The minimum Gasteiger partial charge on any atom is -0.463 e. The highest BCUT2D eigenvalue weighted by molar-refractivity contribution is 6.30. The van der Waals surface area contributed by atoms with Crippen LogP contribution in [0.25, 0.3) is 17.2 Å². The Labute approximate surface area is 215 Å². The Bertz CT molecular complexity index is 1500. The van der Waals surface area contributed by atoms with Gasteiger partial charge in [-0.3, -0.25) is 4.57 Å². The summed E-state index contributed by atoms with van der Waals surface area (Å²) in [7, 11) is 1.13. The lowest BCUT2D eigenvalue weighted by molar-refractivity contribution is -0.207. The van der Waals surface area contributed by atoms with Crippen molar-refractivity contribution in [2.45, 2.75) is 25.4 Å². The molecule has 194 valence electrons. The van der Waals surface area contributed by atoms with Gasteiger partial charge in [0.05, 0.1) is 13.7 Å². The van der Waals surface area contributed by atoms with Crippen molar-refractivity contribution in [3.63, 3.8) is 0 Å². The van der Waals surface area contributed by atoms with Gasteiger partial charge < -0.3 is 9.84 Å². The number of aliphatic hydroxyl groups excluding tert-OH is 1. The lowest BCUT2D eigenvalue weighted by Gasteiger charge is -2.15. The number of methoxy groups -OCH3 is 1. The van der Waals surface area contributed by atoms with Crippen LogP contribution in [0.5, 0.6) is 0 Å². The highest BCUT2D eigenvalue weighted by Crippen LogP contribution is 2.24. The molecule has 4 aromatic rings. The van der Waals surface area contributed by atoms with Crippen molar-refractivity contribution >= 4 is 29.2 Å². The zero-order chi connectivity index (χ0) is 26.9. The third-order valence-corrected chi connectivity index (χ3v) is 5.48. The number of pyridine rings is 1. The van der Waals surface area contributed by atoms with E-state index in [4.69, 9.17) is 27.9 Å². The van der Waals surface area contributed by atoms with Gasteiger partial charge in [-0.1, -0.05) is 23.2 Å². The molecule has 0 aliphatic carbocycles. The molecule has 1 aromatic carbocycles. The first-order valence-electron chi connectivity index (χ1n) is 10.3. The number of alkyl halides is 3. The quantitative estimate of drug-likeness (QED) is 0.343. The van der Waals surface area contributed by atoms with Crippen LogP contribution < -0.4 is 5.69 Å². The maximum atomic E-state index is 13.1. The Morgan fingerprint density at radius 2 is 1.84 bits per heavy atom. The third kappa shape index (κ3) is 5.65. The standard InChI is InChI=1S/C21H16Cl2F3N7O4/c1-37-19(35)18-28-15(29-33(18)16-8-13(23)6-7-27-16)10-32-20(36)31(9-14(34)21(24,25)26)17(30-32)11-2-4-12(22)5-3-11/h2-8,14,34H,9-10H2,1H3. The van der Waals surface area contributed by atoms with Crippen molar-refractivity contribution in [1.29, 1.82) is 0 Å². The van der Waals surface area contributed by atoms with Crippen LogP contribution in [0.2, 0.25) is 10.0 Å². The molecule has 0 fully saturated rings. The summed E-state index contributed by atoms with van der Waals surface area (Å²) in [5.74, 6) is -1.29. The number of benzene rings is 1. The van der Waals surface area contributed by atoms with Gasteiger partial charge in [-0.25, -0.2) is 24.2 Å². The Balaban J connectivity index is 1.78. The molecule has 0 bridgehead atoms. The van der Waals surface area contributed by atoms with Gasteiger partial charge in [0.2, 0.25) is 5.82 Å². The average molecular weight is 558 g/mol. The van der Waals surface area contributed by atoms with Crippen LogP contribution in [0.3, 0.4) is 0 Å². The lowest BCUT2D eigenvalue weighted by Crippen LogP contribution is -2.37. The zero-order valence-electron chi connectivity index (χ0n) is 18.7. The van der Waals surface area contributed by atoms with E-state index in [1.54, 1.807) is 0 Å².